The molecule has 3 atom stereocenters. The highest BCUT2D eigenvalue weighted by molar-refractivity contribution is 7.86. The van der Waals surface area contributed by atoms with Crippen molar-refractivity contribution in [3.05, 3.63) is 41.5 Å². The molecule has 4 rings (SSSR count). The van der Waals surface area contributed by atoms with Gasteiger partial charge in [0, 0.05) is 37.2 Å². The summed E-state index contributed by atoms with van der Waals surface area (Å²) in [5.41, 5.74) is 0.368. The predicted molar refractivity (Wildman–Crippen MR) is 121 cm³/mol. The van der Waals surface area contributed by atoms with Gasteiger partial charge in [0.25, 0.3) is 0 Å². The molecule has 1 amide bonds. The van der Waals surface area contributed by atoms with E-state index in [1.807, 2.05) is 18.7 Å². The Morgan fingerprint density at radius 3 is 2.79 bits per heavy atom. The standard InChI is InChI=1S/C23H29F2N3O5S/c1-4-26-18-11-14(24)10-17-21(18)27-22(29)23(17,2)28-9-5-6-16(13-28)33-15-7-8-20(34(25,30)31)19(12-15)32-3/h7-8,11-12,16-17,26H,4-6,9-10,13H2,1-3H3,(H,27,29)/t16-,17?,23-/m1/s1. The zero-order chi connectivity index (χ0) is 24.7. The fraction of sp³-hybridized carbons (Fsp3) is 0.522. The van der Waals surface area contributed by atoms with Gasteiger partial charge in [0.05, 0.1) is 12.8 Å². The number of likely N-dealkylation sites (N-methyl/N-ethyl adjacent to an activating group) is 1. The van der Waals surface area contributed by atoms with Crippen molar-refractivity contribution in [3.8, 4) is 11.5 Å². The van der Waals surface area contributed by atoms with E-state index in [2.05, 4.69) is 10.6 Å². The normalized spacial score (nSPS) is 27.7. The molecule has 2 saturated heterocycles. The van der Waals surface area contributed by atoms with Gasteiger partial charge in [-0.05, 0) is 51.4 Å². The highest BCUT2D eigenvalue weighted by Gasteiger charge is 2.55. The maximum Gasteiger partial charge on any atom is 0.335 e. The summed E-state index contributed by atoms with van der Waals surface area (Å²) in [4.78, 5) is 14.7. The second-order valence-electron chi connectivity index (χ2n) is 8.89. The first-order valence-electron chi connectivity index (χ1n) is 11.3. The van der Waals surface area contributed by atoms with Crippen LogP contribution in [0.4, 0.5) is 8.28 Å². The number of likely N-dealkylation sites (tertiary alicyclic amines) is 1. The third-order valence-corrected chi connectivity index (χ3v) is 7.69. The minimum Gasteiger partial charge on any atom is -0.495 e. The topological polar surface area (TPSA) is 97.0 Å². The van der Waals surface area contributed by atoms with Crippen molar-refractivity contribution >= 4 is 16.1 Å². The lowest BCUT2D eigenvalue weighted by molar-refractivity contribution is -0.132. The van der Waals surface area contributed by atoms with Crippen molar-refractivity contribution in [2.45, 2.75) is 49.6 Å². The Bertz CT molecular complexity index is 1150. The third kappa shape index (κ3) is 4.38. The zero-order valence-electron chi connectivity index (χ0n) is 19.4. The highest BCUT2D eigenvalue weighted by Crippen LogP contribution is 2.44. The summed E-state index contributed by atoms with van der Waals surface area (Å²) in [7, 11) is -3.68. The van der Waals surface area contributed by atoms with Crippen molar-refractivity contribution in [2.75, 3.05) is 26.7 Å². The van der Waals surface area contributed by atoms with Crippen LogP contribution in [-0.2, 0) is 15.0 Å². The quantitative estimate of drug-likeness (QED) is 0.559. The largest absolute Gasteiger partial charge is 0.495 e. The highest BCUT2D eigenvalue weighted by atomic mass is 32.3. The van der Waals surface area contributed by atoms with Crippen LogP contribution in [0.2, 0.25) is 0 Å². The van der Waals surface area contributed by atoms with E-state index in [1.54, 1.807) is 0 Å². The minimum absolute atomic E-state index is 0.137. The predicted octanol–water partition coefficient (Wildman–Crippen LogP) is 2.78. The van der Waals surface area contributed by atoms with Gasteiger partial charge in [-0.2, -0.15) is 8.42 Å². The number of hydrogen-bond donors (Lipinski definition) is 2. The van der Waals surface area contributed by atoms with Gasteiger partial charge in [0.1, 0.15) is 33.9 Å². The molecule has 1 aromatic carbocycles. The van der Waals surface area contributed by atoms with E-state index < -0.39 is 20.7 Å². The van der Waals surface area contributed by atoms with Gasteiger partial charge >= 0.3 is 10.2 Å². The van der Waals surface area contributed by atoms with Crippen molar-refractivity contribution in [1.82, 2.24) is 15.5 Å². The van der Waals surface area contributed by atoms with E-state index in [1.165, 1.54) is 25.3 Å². The van der Waals surface area contributed by atoms with Gasteiger partial charge in [0.2, 0.25) is 5.91 Å². The molecule has 0 radical (unpaired) electrons. The molecular formula is C23H29F2N3O5S. The maximum absolute atomic E-state index is 14.5. The average Bonchev–Trinajstić information content (AvgIpc) is 3.05. The van der Waals surface area contributed by atoms with Crippen molar-refractivity contribution < 1.29 is 31.0 Å². The number of nitrogens with zero attached hydrogens (tertiary/aromatic N) is 1. The summed E-state index contributed by atoms with van der Waals surface area (Å²) < 4.78 is 61.7. The molecular weight excluding hydrogens is 468 g/mol. The second kappa shape index (κ2) is 9.18. The monoisotopic (exact) mass is 497 g/mol. The van der Waals surface area contributed by atoms with E-state index in [0.29, 0.717) is 43.2 Å². The van der Waals surface area contributed by atoms with E-state index >= 15 is 0 Å². The summed E-state index contributed by atoms with van der Waals surface area (Å²) in [5, 5.41) is 6.11. The Morgan fingerprint density at radius 2 is 2.12 bits per heavy atom. The number of benzene rings is 1. The van der Waals surface area contributed by atoms with Crippen LogP contribution >= 0.6 is 0 Å². The molecule has 0 bridgehead atoms. The molecule has 34 heavy (non-hydrogen) atoms. The van der Waals surface area contributed by atoms with Crippen LogP contribution in [0.25, 0.3) is 0 Å². The molecule has 2 N–H and O–H groups in total. The molecule has 186 valence electrons. The summed E-state index contributed by atoms with van der Waals surface area (Å²) in [6, 6.07) is 3.81. The number of hydrogen-bond acceptors (Lipinski definition) is 7. The first-order chi connectivity index (χ1) is 16.1. The maximum atomic E-state index is 14.5. The number of methoxy groups -OCH3 is 1. The van der Waals surface area contributed by atoms with Crippen LogP contribution in [0, 0.1) is 5.92 Å². The average molecular weight is 498 g/mol. The van der Waals surface area contributed by atoms with Crippen LogP contribution in [-0.4, -0.2) is 57.6 Å². The number of nitrogens with one attached hydrogen (secondary N) is 2. The van der Waals surface area contributed by atoms with Gasteiger partial charge in [-0.15, -0.1) is 3.89 Å². The lowest BCUT2D eigenvalue weighted by Gasteiger charge is -2.44. The number of allylic oxidation sites excluding steroid dienone is 2. The Morgan fingerprint density at radius 1 is 1.35 bits per heavy atom. The van der Waals surface area contributed by atoms with Crippen LogP contribution < -0.4 is 20.1 Å². The van der Waals surface area contributed by atoms with Crippen molar-refractivity contribution in [3.63, 3.8) is 0 Å². The van der Waals surface area contributed by atoms with Gasteiger partial charge in [-0.25, -0.2) is 4.39 Å². The summed E-state index contributed by atoms with van der Waals surface area (Å²) in [6.45, 7) is 5.43. The first-order valence-corrected chi connectivity index (χ1v) is 12.7. The Hall–Kier alpha value is -2.66. The van der Waals surface area contributed by atoms with Gasteiger partial charge in [0.15, 0.2) is 0 Å². The van der Waals surface area contributed by atoms with E-state index in [9.17, 15) is 21.5 Å². The van der Waals surface area contributed by atoms with E-state index in [-0.39, 0.29) is 35.9 Å². The summed E-state index contributed by atoms with van der Waals surface area (Å²) >= 11 is 0. The van der Waals surface area contributed by atoms with Crippen LogP contribution in [0.1, 0.15) is 33.1 Å². The molecule has 0 aromatic heterocycles. The molecule has 1 aliphatic carbocycles. The molecule has 11 heteroatoms. The van der Waals surface area contributed by atoms with Gasteiger partial charge < -0.3 is 20.1 Å². The van der Waals surface area contributed by atoms with E-state index in [4.69, 9.17) is 9.47 Å². The van der Waals surface area contributed by atoms with Gasteiger partial charge in [-0.3, -0.25) is 9.69 Å². The number of carbonyl (C=O) groups is 1. The molecule has 2 heterocycles. The summed E-state index contributed by atoms with van der Waals surface area (Å²) in [5.74, 6) is -0.617. The molecule has 2 fully saturated rings. The van der Waals surface area contributed by atoms with E-state index in [0.717, 1.165) is 12.5 Å². The molecule has 0 spiro atoms. The molecule has 8 nitrogen and oxygen atoms in total. The third-order valence-electron chi connectivity index (χ3n) is 6.83. The second-order valence-corrected chi connectivity index (χ2v) is 10.2. The molecule has 1 aromatic rings. The zero-order valence-corrected chi connectivity index (χ0v) is 20.2. The first kappa shape index (κ1) is 24.5. The number of piperidine rings is 1. The van der Waals surface area contributed by atoms with Crippen LogP contribution in [0.15, 0.2) is 46.4 Å². The Balaban J connectivity index is 1.55. The minimum atomic E-state index is -4.93. The molecule has 1 unspecified atom stereocenters. The van der Waals surface area contributed by atoms with Gasteiger partial charge in [-0.1, -0.05) is 0 Å². The van der Waals surface area contributed by atoms with Crippen LogP contribution in [0.5, 0.6) is 11.5 Å². The Kier molecular flexibility index (Phi) is 6.61. The number of rotatable bonds is 7. The van der Waals surface area contributed by atoms with Crippen LogP contribution in [0.3, 0.4) is 0 Å². The molecule has 3 aliphatic rings. The number of amides is 1. The number of ether oxygens (including phenoxy) is 2. The smallest absolute Gasteiger partial charge is 0.335 e. The molecule has 0 saturated carbocycles. The lowest BCUT2D eigenvalue weighted by atomic mass is 9.79. The summed E-state index contributed by atoms with van der Waals surface area (Å²) in [6.07, 6.45) is 2.74. The SMILES string of the molecule is CCNC1=C2NC(=O)[C@](C)(N3CCC[C@@H](Oc4ccc(S(=O)(=O)F)c(OC)c4)C3)C2CC(F)=C1. The Labute approximate surface area is 198 Å². The fourth-order valence-corrected chi connectivity index (χ4v) is 5.70. The number of carbonyl (C=O) groups excluding carboxylic acids is 1. The van der Waals surface area contributed by atoms with Crippen molar-refractivity contribution in [2.24, 2.45) is 5.92 Å². The lowest BCUT2D eigenvalue weighted by Crippen LogP contribution is -2.59. The number of halogens is 2. The number of fused-ring (bicyclic) bond motifs is 1. The van der Waals surface area contributed by atoms with Crippen molar-refractivity contribution in [1.29, 1.82) is 0 Å². The fourth-order valence-electron chi connectivity index (χ4n) is 5.09. The molecule has 2 aliphatic heterocycles.